The molecular weight excluding hydrogens is 348 g/mol. The number of carbonyl (C=O) groups is 2. The molecular formula is C19H22N4O2S. The van der Waals surface area contributed by atoms with E-state index < -0.39 is 0 Å². The Labute approximate surface area is 156 Å². The van der Waals surface area contributed by atoms with E-state index in [0.29, 0.717) is 17.1 Å². The van der Waals surface area contributed by atoms with E-state index in [1.165, 1.54) is 4.88 Å². The molecule has 4 rings (SSSR count). The highest BCUT2D eigenvalue weighted by Crippen LogP contribution is 2.28. The number of likely N-dealkylation sites (N-methyl/N-ethyl adjacent to an activating group) is 1. The van der Waals surface area contributed by atoms with Crippen LogP contribution in [0.4, 0.5) is 10.8 Å². The van der Waals surface area contributed by atoms with Gasteiger partial charge in [0.1, 0.15) is 0 Å². The van der Waals surface area contributed by atoms with Crippen LogP contribution in [0.1, 0.15) is 40.7 Å². The van der Waals surface area contributed by atoms with Crippen LogP contribution in [-0.4, -0.2) is 41.3 Å². The molecule has 0 radical (unpaired) electrons. The Morgan fingerprint density at radius 3 is 2.73 bits per heavy atom. The summed E-state index contributed by atoms with van der Waals surface area (Å²) < 4.78 is 0. The topological polar surface area (TPSA) is 65.5 Å². The molecule has 0 aliphatic carbocycles. The second-order valence-corrected chi connectivity index (χ2v) is 7.74. The number of aromatic nitrogens is 1. The van der Waals surface area contributed by atoms with Crippen molar-refractivity contribution in [2.45, 2.75) is 32.7 Å². The number of nitrogens with zero attached hydrogens (tertiary/aromatic N) is 3. The van der Waals surface area contributed by atoms with Crippen molar-refractivity contribution in [2.24, 2.45) is 0 Å². The molecule has 0 atom stereocenters. The Kier molecular flexibility index (Phi) is 4.74. The van der Waals surface area contributed by atoms with Crippen molar-refractivity contribution >= 4 is 34.0 Å². The molecule has 1 N–H and O–H groups in total. The van der Waals surface area contributed by atoms with Crippen LogP contribution in [0.3, 0.4) is 0 Å². The average Bonchev–Trinajstić information content (AvgIpc) is 3.26. The number of anilines is 2. The number of thiazole rings is 1. The Morgan fingerprint density at radius 1 is 1.23 bits per heavy atom. The average molecular weight is 370 g/mol. The largest absolute Gasteiger partial charge is 0.312 e. The number of nitrogens with one attached hydrogen (secondary N) is 1. The number of fused-ring (bicyclic) bond motifs is 1. The molecule has 1 saturated heterocycles. The molecule has 2 amide bonds. The summed E-state index contributed by atoms with van der Waals surface area (Å²) >= 11 is 1.56. The molecule has 1 fully saturated rings. The maximum Gasteiger partial charge on any atom is 0.257 e. The van der Waals surface area contributed by atoms with Gasteiger partial charge in [0.2, 0.25) is 5.91 Å². The van der Waals surface area contributed by atoms with Gasteiger partial charge >= 0.3 is 0 Å². The van der Waals surface area contributed by atoms with Crippen molar-refractivity contribution in [3.63, 3.8) is 0 Å². The van der Waals surface area contributed by atoms with Gasteiger partial charge in [-0.25, -0.2) is 4.98 Å². The number of amides is 2. The van der Waals surface area contributed by atoms with E-state index in [1.807, 2.05) is 12.1 Å². The van der Waals surface area contributed by atoms with E-state index in [1.54, 1.807) is 28.4 Å². The van der Waals surface area contributed by atoms with E-state index in [0.717, 1.165) is 50.4 Å². The van der Waals surface area contributed by atoms with Gasteiger partial charge < -0.3 is 4.90 Å². The van der Waals surface area contributed by atoms with Crippen molar-refractivity contribution in [3.05, 3.63) is 40.4 Å². The highest BCUT2D eigenvalue weighted by Gasteiger charge is 2.22. The van der Waals surface area contributed by atoms with Crippen LogP contribution >= 0.6 is 11.3 Å². The molecule has 26 heavy (non-hydrogen) atoms. The normalized spacial score (nSPS) is 17.4. The van der Waals surface area contributed by atoms with Crippen LogP contribution in [0.2, 0.25) is 0 Å². The van der Waals surface area contributed by atoms with Crippen LogP contribution in [0, 0.1) is 0 Å². The SMILES string of the molecule is CCN1CCc2nc(NC(=O)c3ccc(N4CCCC4=O)cc3)sc2C1. The molecule has 3 heterocycles. The van der Waals surface area contributed by atoms with Gasteiger partial charge in [-0.3, -0.25) is 19.8 Å². The number of hydrogen-bond acceptors (Lipinski definition) is 5. The lowest BCUT2D eigenvalue weighted by Gasteiger charge is -2.23. The molecule has 1 aromatic carbocycles. The quantitative estimate of drug-likeness (QED) is 0.899. The third-order valence-corrected chi connectivity index (χ3v) is 5.99. The van der Waals surface area contributed by atoms with Crippen molar-refractivity contribution in [1.82, 2.24) is 9.88 Å². The van der Waals surface area contributed by atoms with Crippen molar-refractivity contribution < 1.29 is 9.59 Å². The summed E-state index contributed by atoms with van der Waals surface area (Å²) in [5.41, 5.74) is 2.54. The minimum Gasteiger partial charge on any atom is -0.312 e. The molecule has 0 unspecified atom stereocenters. The minimum absolute atomic E-state index is 0.150. The second-order valence-electron chi connectivity index (χ2n) is 6.66. The van der Waals surface area contributed by atoms with Crippen LogP contribution in [0.5, 0.6) is 0 Å². The molecule has 2 aromatic rings. The van der Waals surface area contributed by atoms with E-state index in [2.05, 4.69) is 22.1 Å². The van der Waals surface area contributed by atoms with Gasteiger partial charge in [0.05, 0.1) is 5.69 Å². The summed E-state index contributed by atoms with van der Waals surface area (Å²) in [6, 6.07) is 7.21. The van der Waals surface area contributed by atoms with Gasteiger partial charge in [-0.1, -0.05) is 6.92 Å². The molecule has 0 spiro atoms. The van der Waals surface area contributed by atoms with E-state index in [9.17, 15) is 9.59 Å². The maximum absolute atomic E-state index is 12.5. The zero-order valence-corrected chi connectivity index (χ0v) is 15.6. The number of hydrogen-bond donors (Lipinski definition) is 1. The van der Waals surface area contributed by atoms with Gasteiger partial charge in [0.15, 0.2) is 5.13 Å². The van der Waals surface area contributed by atoms with Crippen LogP contribution < -0.4 is 10.2 Å². The third kappa shape index (κ3) is 3.37. The standard InChI is InChI=1S/C19H22N4O2S/c1-2-22-11-9-15-16(12-22)26-19(20-15)21-18(25)13-5-7-14(8-6-13)23-10-3-4-17(23)24/h5-8H,2-4,9-12H2,1H3,(H,20,21,25). The fourth-order valence-corrected chi connectivity index (χ4v) is 4.50. The molecule has 2 aliphatic heterocycles. The summed E-state index contributed by atoms with van der Waals surface area (Å²) in [6.45, 7) is 5.89. The highest BCUT2D eigenvalue weighted by molar-refractivity contribution is 7.15. The molecule has 2 aliphatic rings. The number of benzene rings is 1. The van der Waals surface area contributed by atoms with Crippen molar-refractivity contribution in [1.29, 1.82) is 0 Å². The highest BCUT2D eigenvalue weighted by atomic mass is 32.1. The lowest BCUT2D eigenvalue weighted by atomic mass is 10.2. The Hall–Kier alpha value is -2.25. The molecule has 0 bridgehead atoms. The first kappa shape index (κ1) is 17.2. The third-order valence-electron chi connectivity index (χ3n) is 4.99. The number of rotatable bonds is 4. The summed E-state index contributed by atoms with van der Waals surface area (Å²) in [4.78, 5) is 34.3. The predicted octanol–water partition coefficient (Wildman–Crippen LogP) is 2.90. The van der Waals surface area contributed by atoms with E-state index in [4.69, 9.17) is 0 Å². The fraction of sp³-hybridized carbons (Fsp3) is 0.421. The van der Waals surface area contributed by atoms with E-state index in [-0.39, 0.29) is 11.8 Å². The summed E-state index contributed by atoms with van der Waals surface area (Å²) in [6.07, 6.45) is 2.44. The summed E-state index contributed by atoms with van der Waals surface area (Å²) in [5.74, 6) is -0.0144. The predicted molar refractivity (Wildman–Crippen MR) is 103 cm³/mol. The molecule has 6 nitrogen and oxygen atoms in total. The van der Waals surface area contributed by atoms with Crippen molar-refractivity contribution in [3.8, 4) is 0 Å². The Morgan fingerprint density at radius 2 is 2.04 bits per heavy atom. The maximum atomic E-state index is 12.5. The van der Waals surface area contributed by atoms with Crippen LogP contribution in [0.25, 0.3) is 0 Å². The van der Waals surface area contributed by atoms with Gasteiger partial charge in [0.25, 0.3) is 5.91 Å². The zero-order valence-electron chi connectivity index (χ0n) is 14.8. The zero-order chi connectivity index (χ0) is 18.1. The summed E-state index contributed by atoms with van der Waals surface area (Å²) in [7, 11) is 0. The molecule has 1 aromatic heterocycles. The smallest absolute Gasteiger partial charge is 0.257 e. The van der Waals surface area contributed by atoms with Gasteiger partial charge in [-0.2, -0.15) is 0 Å². The minimum atomic E-state index is -0.164. The summed E-state index contributed by atoms with van der Waals surface area (Å²) in [5, 5.41) is 3.58. The van der Waals surface area contributed by atoms with Gasteiger partial charge in [-0.05, 0) is 37.2 Å². The fourth-order valence-electron chi connectivity index (χ4n) is 3.45. The Bertz CT molecular complexity index is 831. The second kappa shape index (κ2) is 7.17. The molecule has 0 saturated carbocycles. The first-order chi connectivity index (χ1) is 12.6. The molecule has 7 heteroatoms. The van der Waals surface area contributed by atoms with Gasteiger partial charge in [-0.15, -0.1) is 11.3 Å². The van der Waals surface area contributed by atoms with Crippen LogP contribution in [0.15, 0.2) is 24.3 Å². The van der Waals surface area contributed by atoms with Crippen LogP contribution in [-0.2, 0) is 17.8 Å². The van der Waals surface area contributed by atoms with E-state index >= 15 is 0 Å². The van der Waals surface area contributed by atoms with Gasteiger partial charge in [0, 0.05) is 48.6 Å². The Balaban J connectivity index is 1.44. The number of carbonyl (C=O) groups excluding carboxylic acids is 2. The monoisotopic (exact) mass is 370 g/mol. The first-order valence-corrected chi connectivity index (χ1v) is 9.88. The van der Waals surface area contributed by atoms with Crippen molar-refractivity contribution in [2.75, 3.05) is 29.9 Å². The molecule has 136 valence electrons. The first-order valence-electron chi connectivity index (χ1n) is 9.06. The lowest BCUT2D eigenvalue weighted by Crippen LogP contribution is -2.29. The lowest BCUT2D eigenvalue weighted by molar-refractivity contribution is -0.117.